The first kappa shape index (κ1) is 11.5. The van der Waals surface area contributed by atoms with Gasteiger partial charge in [0.05, 0.1) is 0 Å². The van der Waals surface area contributed by atoms with Crippen molar-refractivity contribution in [3.8, 4) is 0 Å². The van der Waals surface area contributed by atoms with Crippen LogP contribution in [-0.2, 0) is 11.2 Å². The first-order valence-corrected chi connectivity index (χ1v) is 5.66. The highest BCUT2D eigenvalue weighted by molar-refractivity contribution is 5.86. The fourth-order valence-electron chi connectivity index (χ4n) is 1.95. The molecular formula is C14H15NO2. The SMILES string of the molecule is Nc1cc2ccccc2cc1CCCC(=O)O. The van der Waals surface area contributed by atoms with Crippen LogP contribution in [0.1, 0.15) is 18.4 Å². The van der Waals surface area contributed by atoms with Gasteiger partial charge in [0.2, 0.25) is 0 Å². The van der Waals surface area contributed by atoms with E-state index in [0.29, 0.717) is 12.8 Å². The standard InChI is InChI=1S/C14H15NO2/c15-13-9-11-5-2-1-4-10(11)8-12(13)6-3-7-14(16)17/h1-2,4-5,8-9H,3,6-7,15H2,(H,16,17). The van der Waals surface area contributed by atoms with Gasteiger partial charge in [0.25, 0.3) is 0 Å². The molecular weight excluding hydrogens is 214 g/mol. The van der Waals surface area contributed by atoms with Gasteiger partial charge in [-0.15, -0.1) is 0 Å². The second kappa shape index (κ2) is 4.87. The Morgan fingerprint density at radius 3 is 2.47 bits per heavy atom. The first-order valence-electron chi connectivity index (χ1n) is 5.66. The number of hydrogen-bond acceptors (Lipinski definition) is 2. The fraction of sp³-hybridized carbons (Fsp3) is 0.214. The maximum atomic E-state index is 10.5. The Balaban J connectivity index is 2.22. The van der Waals surface area contributed by atoms with Crippen LogP contribution in [0.25, 0.3) is 10.8 Å². The molecule has 0 heterocycles. The first-order chi connectivity index (χ1) is 8.16. The van der Waals surface area contributed by atoms with Gasteiger partial charge in [-0.25, -0.2) is 0 Å². The summed E-state index contributed by atoms with van der Waals surface area (Å²) in [6.07, 6.45) is 1.52. The van der Waals surface area contributed by atoms with Gasteiger partial charge in [0, 0.05) is 12.1 Å². The van der Waals surface area contributed by atoms with Crippen molar-refractivity contribution in [1.82, 2.24) is 0 Å². The Morgan fingerprint density at radius 2 is 1.82 bits per heavy atom. The van der Waals surface area contributed by atoms with Crippen molar-refractivity contribution in [2.75, 3.05) is 5.73 Å². The van der Waals surface area contributed by atoms with Gasteiger partial charge >= 0.3 is 5.97 Å². The molecule has 3 N–H and O–H groups in total. The second-order valence-electron chi connectivity index (χ2n) is 4.15. The van der Waals surface area contributed by atoms with Crippen molar-refractivity contribution < 1.29 is 9.90 Å². The lowest BCUT2D eigenvalue weighted by atomic mass is 10.0. The number of carboxylic acid groups (broad SMARTS) is 1. The third-order valence-electron chi connectivity index (χ3n) is 2.84. The van der Waals surface area contributed by atoms with Gasteiger partial charge in [-0.1, -0.05) is 24.3 Å². The Hall–Kier alpha value is -2.03. The van der Waals surface area contributed by atoms with Crippen LogP contribution in [0.2, 0.25) is 0 Å². The summed E-state index contributed by atoms with van der Waals surface area (Å²) in [7, 11) is 0. The maximum absolute atomic E-state index is 10.5. The zero-order valence-electron chi connectivity index (χ0n) is 9.52. The van der Waals surface area contributed by atoms with Crippen molar-refractivity contribution in [3.05, 3.63) is 42.0 Å². The highest BCUT2D eigenvalue weighted by atomic mass is 16.4. The third kappa shape index (κ3) is 2.75. The van der Waals surface area contributed by atoms with Crippen LogP contribution in [-0.4, -0.2) is 11.1 Å². The predicted octanol–water partition coefficient (Wildman–Crippen LogP) is 2.83. The maximum Gasteiger partial charge on any atom is 0.303 e. The minimum Gasteiger partial charge on any atom is -0.481 e. The Kier molecular flexibility index (Phi) is 3.28. The summed E-state index contributed by atoms with van der Waals surface area (Å²) >= 11 is 0. The zero-order valence-corrected chi connectivity index (χ0v) is 9.52. The molecule has 0 aromatic heterocycles. The third-order valence-corrected chi connectivity index (χ3v) is 2.84. The summed E-state index contributed by atoms with van der Waals surface area (Å²) in [6, 6.07) is 12.0. The van der Waals surface area contributed by atoms with Crippen molar-refractivity contribution in [1.29, 1.82) is 0 Å². The molecule has 3 heteroatoms. The summed E-state index contributed by atoms with van der Waals surface area (Å²) in [5.74, 6) is -0.760. The van der Waals surface area contributed by atoms with E-state index in [1.807, 2.05) is 36.4 Å². The lowest BCUT2D eigenvalue weighted by Gasteiger charge is -2.07. The van der Waals surface area contributed by atoms with Crippen LogP contribution in [0.3, 0.4) is 0 Å². The van der Waals surface area contributed by atoms with Crippen molar-refractivity contribution in [3.63, 3.8) is 0 Å². The molecule has 0 saturated heterocycles. The van der Waals surface area contributed by atoms with Gasteiger partial charge in [0.15, 0.2) is 0 Å². The number of benzene rings is 2. The molecule has 0 unspecified atom stereocenters. The number of fused-ring (bicyclic) bond motifs is 1. The number of carboxylic acids is 1. The number of aliphatic carboxylic acids is 1. The van der Waals surface area contributed by atoms with Gasteiger partial charge < -0.3 is 10.8 Å². The normalized spacial score (nSPS) is 10.6. The van der Waals surface area contributed by atoms with Crippen molar-refractivity contribution >= 4 is 22.4 Å². The smallest absolute Gasteiger partial charge is 0.303 e. The lowest BCUT2D eigenvalue weighted by molar-refractivity contribution is -0.137. The molecule has 0 spiro atoms. The van der Waals surface area contributed by atoms with E-state index in [0.717, 1.165) is 22.0 Å². The molecule has 0 aliphatic carbocycles. The quantitative estimate of drug-likeness (QED) is 0.792. The topological polar surface area (TPSA) is 63.3 Å². The number of rotatable bonds is 4. The molecule has 0 saturated carbocycles. The van der Waals surface area contributed by atoms with Gasteiger partial charge in [-0.3, -0.25) is 4.79 Å². The van der Waals surface area contributed by atoms with Crippen LogP contribution in [0.15, 0.2) is 36.4 Å². The predicted molar refractivity (Wildman–Crippen MR) is 68.9 cm³/mol. The number of nitrogen functional groups attached to an aromatic ring is 1. The fourth-order valence-corrected chi connectivity index (χ4v) is 1.95. The number of anilines is 1. The molecule has 17 heavy (non-hydrogen) atoms. The van der Waals surface area contributed by atoms with Gasteiger partial charge in [0.1, 0.15) is 0 Å². The van der Waals surface area contributed by atoms with Crippen LogP contribution >= 0.6 is 0 Å². The summed E-state index contributed by atoms with van der Waals surface area (Å²) in [6.45, 7) is 0. The molecule has 2 rings (SSSR count). The molecule has 0 aliphatic rings. The van der Waals surface area contributed by atoms with E-state index in [1.54, 1.807) is 0 Å². The number of aryl methyl sites for hydroxylation is 1. The Morgan fingerprint density at radius 1 is 1.18 bits per heavy atom. The highest BCUT2D eigenvalue weighted by Gasteiger charge is 2.03. The molecule has 2 aromatic rings. The molecule has 88 valence electrons. The molecule has 2 aromatic carbocycles. The van der Waals surface area contributed by atoms with Crippen LogP contribution in [0.5, 0.6) is 0 Å². The van der Waals surface area contributed by atoms with E-state index in [-0.39, 0.29) is 6.42 Å². The van der Waals surface area contributed by atoms with Crippen molar-refractivity contribution in [2.45, 2.75) is 19.3 Å². The average molecular weight is 229 g/mol. The Bertz CT molecular complexity index is 549. The highest BCUT2D eigenvalue weighted by Crippen LogP contribution is 2.23. The molecule has 0 bridgehead atoms. The molecule has 0 amide bonds. The molecule has 0 fully saturated rings. The summed E-state index contributed by atoms with van der Waals surface area (Å²) in [4.78, 5) is 10.5. The van der Waals surface area contributed by atoms with Crippen LogP contribution in [0, 0.1) is 0 Å². The largest absolute Gasteiger partial charge is 0.481 e. The van der Waals surface area contributed by atoms with Gasteiger partial charge in [-0.2, -0.15) is 0 Å². The summed E-state index contributed by atoms with van der Waals surface area (Å²) in [5.41, 5.74) is 7.73. The van der Waals surface area contributed by atoms with Crippen LogP contribution < -0.4 is 5.73 Å². The number of hydrogen-bond donors (Lipinski definition) is 2. The minimum absolute atomic E-state index is 0.187. The van der Waals surface area contributed by atoms with E-state index in [9.17, 15) is 4.79 Å². The number of nitrogens with two attached hydrogens (primary N) is 1. The van der Waals surface area contributed by atoms with E-state index < -0.39 is 5.97 Å². The van der Waals surface area contributed by atoms with E-state index in [4.69, 9.17) is 10.8 Å². The molecule has 0 aliphatic heterocycles. The number of carbonyl (C=O) groups is 1. The van der Waals surface area contributed by atoms with E-state index in [2.05, 4.69) is 0 Å². The summed E-state index contributed by atoms with van der Waals surface area (Å²) in [5, 5.41) is 10.9. The minimum atomic E-state index is -0.760. The molecule has 3 nitrogen and oxygen atoms in total. The molecule has 0 radical (unpaired) electrons. The average Bonchev–Trinajstić information content (AvgIpc) is 2.29. The van der Waals surface area contributed by atoms with Crippen LogP contribution in [0.4, 0.5) is 5.69 Å². The second-order valence-corrected chi connectivity index (χ2v) is 4.15. The Labute approximate surface area is 99.9 Å². The van der Waals surface area contributed by atoms with E-state index in [1.165, 1.54) is 0 Å². The lowest BCUT2D eigenvalue weighted by Crippen LogP contribution is -1.99. The zero-order chi connectivity index (χ0) is 12.3. The summed E-state index contributed by atoms with van der Waals surface area (Å²) < 4.78 is 0. The molecule has 0 atom stereocenters. The van der Waals surface area contributed by atoms with E-state index >= 15 is 0 Å². The van der Waals surface area contributed by atoms with Gasteiger partial charge in [-0.05, 0) is 41.3 Å². The monoisotopic (exact) mass is 229 g/mol. The van der Waals surface area contributed by atoms with Crippen molar-refractivity contribution in [2.24, 2.45) is 0 Å².